The Kier molecular flexibility index (Phi) is 3.75. The Hall–Kier alpha value is -2.89. The van der Waals surface area contributed by atoms with Gasteiger partial charge < -0.3 is 14.7 Å². The maximum Gasteiger partial charge on any atom is 0.273 e. The van der Waals surface area contributed by atoms with Crippen LogP contribution in [0.25, 0.3) is 0 Å². The number of benzene rings is 2. The summed E-state index contributed by atoms with van der Waals surface area (Å²) in [5, 5.41) is 12.7. The van der Waals surface area contributed by atoms with Crippen LogP contribution in [0.3, 0.4) is 0 Å². The molecule has 0 atom stereocenters. The van der Waals surface area contributed by atoms with Gasteiger partial charge in [0.1, 0.15) is 11.4 Å². The minimum atomic E-state index is -0.421. The van der Waals surface area contributed by atoms with E-state index in [0.717, 1.165) is 0 Å². The second kappa shape index (κ2) is 5.63. The molecule has 5 nitrogen and oxygen atoms in total. The van der Waals surface area contributed by atoms with Crippen molar-refractivity contribution in [2.45, 2.75) is 13.8 Å². The molecule has 0 N–H and O–H groups in total. The van der Waals surface area contributed by atoms with Gasteiger partial charge in [0.25, 0.3) is 11.5 Å². The minimum absolute atomic E-state index is 0.0269. The number of ketones is 1. The van der Waals surface area contributed by atoms with Crippen LogP contribution in [-0.2, 0) is 0 Å². The summed E-state index contributed by atoms with van der Waals surface area (Å²) in [6, 6.07) is 5.67. The number of ether oxygens (including phenoxy) is 2. The molecule has 124 valence electrons. The first-order valence-corrected chi connectivity index (χ1v) is 7.31. The zero-order valence-corrected chi connectivity index (χ0v) is 13.8. The summed E-state index contributed by atoms with van der Waals surface area (Å²) >= 11 is 0. The molecular weight excluding hydrogens is 313 g/mol. The summed E-state index contributed by atoms with van der Waals surface area (Å²) in [6.07, 6.45) is 0. The van der Waals surface area contributed by atoms with Crippen molar-refractivity contribution in [2.75, 3.05) is 14.2 Å². The van der Waals surface area contributed by atoms with E-state index in [0.29, 0.717) is 32.9 Å². The molecule has 0 saturated carbocycles. The zero-order valence-electron chi connectivity index (χ0n) is 13.8. The average molecular weight is 329 g/mol. The van der Waals surface area contributed by atoms with Gasteiger partial charge in [-0.3, -0.25) is 4.79 Å². The highest BCUT2D eigenvalue weighted by molar-refractivity contribution is 6.52. The number of hydrogen-bond donors (Lipinski definition) is 0. The van der Waals surface area contributed by atoms with Gasteiger partial charge in [0.15, 0.2) is 11.5 Å². The molecule has 0 aromatic heterocycles. The van der Waals surface area contributed by atoms with Gasteiger partial charge >= 0.3 is 0 Å². The molecule has 1 aliphatic heterocycles. The molecule has 0 aliphatic carbocycles. The predicted molar refractivity (Wildman–Crippen MR) is 87.1 cm³/mol. The topological polar surface area (TPSA) is 61.6 Å². The molecular formula is C18H16FNO4. The summed E-state index contributed by atoms with van der Waals surface area (Å²) in [6.45, 7) is 3.30. The number of rotatable bonds is 3. The van der Waals surface area contributed by atoms with Crippen molar-refractivity contribution in [3.05, 3.63) is 57.5 Å². The standard InChI is InChI=1S/C18H16FNO4/c1-9-10(2)13(19)6-5-11(9)17-18(21)12-7-15(23-3)16(24-4)8-14(12)20(17)22/h5-8H,1-4H3. The van der Waals surface area contributed by atoms with Crippen molar-refractivity contribution in [1.82, 2.24) is 0 Å². The van der Waals surface area contributed by atoms with Gasteiger partial charge in [-0.2, -0.15) is 4.74 Å². The molecule has 0 spiro atoms. The summed E-state index contributed by atoms with van der Waals surface area (Å²) in [4.78, 5) is 12.8. The van der Waals surface area contributed by atoms with Crippen molar-refractivity contribution in [3.63, 3.8) is 0 Å². The van der Waals surface area contributed by atoms with Gasteiger partial charge in [0, 0.05) is 6.07 Å². The number of Topliss-reactive ketones (excluding diaryl/α,β-unsaturated/α-hetero) is 1. The third-order valence-corrected chi connectivity index (χ3v) is 4.36. The van der Waals surface area contributed by atoms with Crippen LogP contribution in [0.1, 0.15) is 27.0 Å². The van der Waals surface area contributed by atoms with Gasteiger partial charge in [-0.1, -0.05) is 0 Å². The van der Waals surface area contributed by atoms with E-state index in [2.05, 4.69) is 0 Å². The van der Waals surface area contributed by atoms with E-state index in [-0.39, 0.29) is 22.8 Å². The van der Waals surface area contributed by atoms with Crippen molar-refractivity contribution >= 4 is 17.2 Å². The number of hydrogen-bond acceptors (Lipinski definition) is 4. The van der Waals surface area contributed by atoms with Crippen molar-refractivity contribution < 1.29 is 23.4 Å². The third-order valence-electron chi connectivity index (χ3n) is 4.36. The number of methoxy groups -OCH3 is 2. The van der Waals surface area contributed by atoms with Gasteiger partial charge in [-0.25, -0.2) is 4.39 Å². The van der Waals surface area contributed by atoms with E-state index in [1.165, 1.54) is 38.5 Å². The highest BCUT2D eigenvalue weighted by Crippen LogP contribution is 2.38. The summed E-state index contributed by atoms with van der Waals surface area (Å²) in [7, 11) is 2.91. The molecule has 2 aromatic rings. The van der Waals surface area contributed by atoms with Crippen LogP contribution in [0.15, 0.2) is 24.3 Å². The predicted octanol–water partition coefficient (Wildman–Crippen LogP) is 3.29. The van der Waals surface area contributed by atoms with Crippen LogP contribution < -0.4 is 9.47 Å². The highest BCUT2D eigenvalue weighted by Gasteiger charge is 2.39. The van der Waals surface area contributed by atoms with Crippen LogP contribution in [0.2, 0.25) is 0 Å². The third kappa shape index (κ3) is 2.14. The molecule has 6 heteroatoms. The van der Waals surface area contributed by atoms with Crippen molar-refractivity contribution in [2.24, 2.45) is 0 Å². The lowest BCUT2D eigenvalue weighted by molar-refractivity contribution is -0.355. The lowest BCUT2D eigenvalue weighted by Crippen LogP contribution is -2.18. The first kappa shape index (κ1) is 16.0. The summed E-state index contributed by atoms with van der Waals surface area (Å²) < 4.78 is 24.6. The number of nitrogens with zero attached hydrogens (tertiary/aromatic N) is 1. The molecule has 0 fully saturated rings. The van der Waals surface area contributed by atoms with E-state index in [1.807, 2.05) is 0 Å². The van der Waals surface area contributed by atoms with Crippen molar-refractivity contribution in [1.29, 1.82) is 0 Å². The Morgan fingerprint density at radius 1 is 1.00 bits per heavy atom. The first-order chi connectivity index (χ1) is 11.4. The van der Waals surface area contributed by atoms with E-state index in [1.54, 1.807) is 13.8 Å². The maximum absolute atomic E-state index is 13.7. The highest BCUT2D eigenvalue weighted by atomic mass is 19.1. The van der Waals surface area contributed by atoms with Gasteiger partial charge in [0.2, 0.25) is 5.69 Å². The molecule has 3 rings (SSSR count). The Morgan fingerprint density at radius 3 is 2.25 bits per heavy atom. The molecule has 1 heterocycles. The number of fused-ring (bicyclic) bond motifs is 1. The molecule has 0 radical (unpaired) electrons. The van der Waals surface area contributed by atoms with E-state index >= 15 is 0 Å². The Bertz CT molecular complexity index is 902. The molecule has 24 heavy (non-hydrogen) atoms. The van der Waals surface area contributed by atoms with E-state index in [9.17, 15) is 14.4 Å². The van der Waals surface area contributed by atoms with Crippen molar-refractivity contribution in [3.8, 4) is 11.5 Å². The molecule has 0 saturated heterocycles. The minimum Gasteiger partial charge on any atom is -0.618 e. The average Bonchev–Trinajstić information content (AvgIpc) is 2.82. The van der Waals surface area contributed by atoms with Crippen LogP contribution in [0, 0.1) is 24.9 Å². The lowest BCUT2D eigenvalue weighted by atomic mass is 9.96. The summed E-state index contributed by atoms with van der Waals surface area (Å²) in [5.41, 5.74) is 1.79. The molecule has 0 amide bonds. The quantitative estimate of drug-likeness (QED) is 0.640. The molecule has 1 aliphatic rings. The normalized spacial score (nSPS) is 13.3. The monoisotopic (exact) mass is 329 g/mol. The maximum atomic E-state index is 13.7. The Labute approximate surface area is 138 Å². The fourth-order valence-electron chi connectivity index (χ4n) is 2.83. The lowest BCUT2D eigenvalue weighted by Gasteiger charge is -2.09. The SMILES string of the molecule is COc1cc2c(cc1OC)[N+]([O-])=C(c1ccc(F)c(C)c1C)C2=O. The second-order valence-electron chi connectivity index (χ2n) is 5.54. The fourth-order valence-corrected chi connectivity index (χ4v) is 2.83. The van der Waals surface area contributed by atoms with E-state index < -0.39 is 5.78 Å². The zero-order chi connectivity index (χ0) is 17.6. The second-order valence-corrected chi connectivity index (χ2v) is 5.54. The van der Waals surface area contributed by atoms with Gasteiger partial charge in [-0.05, 0) is 37.1 Å². The fraction of sp³-hybridized carbons (Fsp3) is 0.222. The molecule has 2 aromatic carbocycles. The number of carbonyl (C=O) groups excluding carboxylic acids is 1. The number of carbonyl (C=O) groups is 1. The largest absolute Gasteiger partial charge is 0.618 e. The van der Waals surface area contributed by atoms with Crippen LogP contribution >= 0.6 is 0 Å². The van der Waals surface area contributed by atoms with Gasteiger partial charge in [0.05, 0.1) is 25.8 Å². The van der Waals surface area contributed by atoms with Crippen LogP contribution in [-0.4, -0.2) is 30.5 Å². The number of halogens is 1. The van der Waals surface area contributed by atoms with Crippen LogP contribution in [0.5, 0.6) is 11.5 Å². The summed E-state index contributed by atoms with van der Waals surface area (Å²) in [5.74, 6) is -0.0694. The Morgan fingerprint density at radius 2 is 1.62 bits per heavy atom. The van der Waals surface area contributed by atoms with Crippen LogP contribution in [0.4, 0.5) is 10.1 Å². The Balaban J connectivity index is 2.23. The molecule has 0 unspecified atom stereocenters. The van der Waals surface area contributed by atoms with Gasteiger partial charge in [-0.15, -0.1) is 0 Å². The first-order valence-electron chi connectivity index (χ1n) is 7.31. The van der Waals surface area contributed by atoms with E-state index in [4.69, 9.17) is 9.47 Å². The smallest absolute Gasteiger partial charge is 0.273 e. The molecule has 0 bridgehead atoms.